The molecule has 2 amide bonds. The Bertz CT molecular complexity index is 490. The SMILES string of the molecule is [13CH3][13CH](c1cc2ccccc2s1)[15N](O)C(N)=O. The van der Waals surface area contributed by atoms with Crippen molar-refractivity contribution in [2.45, 2.75) is 13.0 Å². The molecule has 0 aliphatic rings. The topological polar surface area (TPSA) is 66.6 Å². The van der Waals surface area contributed by atoms with Crippen LogP contribution in [0.3, 0.4) is 0 Å². The van der Waals surface area contributed by atoms with E-state index in [1.165, 1.54) is 0 Å². The van der Waals surface area contributed by atoms with Crippen LogP contribution < -0.4 is 5.73 Å². The van der Waals surface area contributed by atoms with E-state index < -0.39 is 12.1 Å². The lowest BCUT2D eigenvalue weighted by molar-refractivity contribution is -0.0700. The van der Waals surface area contributed by atoms with Crippen LogP contribution in [0, 0.1) is 0 Å². The van der Waals surface area contributed by atoms with Gasteiger partial charge in [-0.25, -0.2) is 4.79 Å². The quantitative estimate of drug-likeness (QED) is 0.366. The maximum absolute atomic E-state index is 10.8. The second-order valence-corrected chi connectivity index (χ2v) is 4.66. The minimum Gasteiger partial charge on any atom is -0.350 e. The van der Waals surface area contributed by atoms with Gasteiger partial charge in [-0.15, -0.1) is 11.3 Å². The summed E-state index contributed by atoms with van der Waals surface area (Å²) in [6.45, 7) is 1.73. The first-order valence-electron chi connectivity index (χ1n) is 4.85. The lowest BCUT2D eigenvalue weighted by atomic mass is 10.3. The van der Waals surface area contributed by atoms with Crippen LogP contribution in [0.15, 0.2) is 30.3 Å². The summed E-state index contributed by atoms with van der Waals surface area (Å²) in [7, 11) is 0. The van der Waals surface area contributed by atoms with Gasteiger partial charge >= 0.3 is 6.03 Å². The highest BCUT2D eigenvalue weighted by Crippen LogP contribution is 2.31. The molecule has 0 radical (unpaired) electrons. The number of thiophene rings is 1. The summed E-state index contributed by atoms with van der Waals surface area (Å²) >= 11 is 1.54. The molecule has 3 N–H and O–H groups in total. The number of fused-ring (bicyclic) bond motifs is 1. The molecule has 0 fully saturated rings. The largest absolute Gasteiger partial charge is 0.350 e. The Morgan fingerprint density at radius 1 is 1.50 bits per heavy atom. The zero-order valence-corrected chi connectivity index (χ0v) is 9.57. The molecule has 84 valence electrons. The Morgan fingerprint density at radius 3 is 2.81 bits per heavy atom. The van der Waals surface area contributed by atoms with Crippen LogP contribution in [-0.2, 0) is 0 Å². The van der Waals surface area contributed by atoms with Gasteiger partial charge in [-0.05, 0) is 24.4 Å². The first-order chi connectivity index (χ1) is 7.59. The van der Waals surface area contributed by atoms with Gasteiger partial charge in [0.05, 0.1) is 6.04 Å². The smallest absolute Gasteiger partial charge is 0.339 e. The summed E-state index contributed by atoms with van der Waals surface area (Å²) < 4.78 is 1.13. The highest BCUT2D eigenvalue weighted by molar-refractivity contribution is 7.19. The summed E-state index contributed by atoms with van der Waals surface area (Å²) in [6, 6.07) is 8.60. The lowest BCUT2D eigenvalue weighted by Gasteiger charge is -2.18. The van der Waals surface area contributed by atoms with Crippen LogP contribution in [0.2, 0.25) is 0 Å². The Balaban J connectivity index is 2.36. The van der Waals surface area contributed by atoms with Gasteiger partial charge in [0.2, 0.25) is 0 Å². The third kappa shape index (κ3) is 1.87. The van der Waals surface area contributed by atoms with Crippen LogP contribution >= 0.6 is 11.3 Å². The summed E-state index contributed by atoms with van der Waals surface area (Å²) in [5, 5.41) is 11.1. The van der Waals surface area contributed by atoms with Gasteiger partial charge in [0.25, 0.3) is 0 Å². The fraction of sp³-hybridized carbons (Fsp3) is 0.182. The molecule has 0 aliphatic heterocycles. The molecule has 1 aromatic carbocycles. The second kappa shape index (κ2) is 4.11. The van der Waals surface area contributed by atoms with E-state index in [2.05, 4.69) is 0 Å². The number of nitrogens with two attached hydrogens (primary N) is 1. The number of amides is 2. The van der Waals surface area contributed by atoms with E-state index in [0.717, 1.165) is 15.0 Å². The molecule has 0 bridgehead atoms. The maximum Gasteiger partial charge on any atom is 0.339 e. The third-order valence-corrected chi connectivity index (χ3v) is 3.74. The van der Waals surface area contributed by atoms with Crippen LogP contribution in [0.1, 0.15) is 17.8 Å². The average Bonchev–Trinajstić information content (AvgIpc) is 2.70. The number of hydrogen-bond donors (Lipinski definition) is 2. The van der Waals surface area contributed by atoms with E-state index in [1.54, 1.807) is 18.3 Å². The molecule has 16 heavy (non-hydrogen) atoms. The van der Waals surface area contributed by atoms with Crippen molar-refractivity contribution in [3.63, 3.8) is 0 Å². The number of carbonyl (C=O) groups excluding carboxylic acids is 1. The molecular weight excluding hydrogens is 227 g/mol. The first-order valence-corrected chi connectivity index (χ1v) is 5.67. The predicted octanol–water partition coefficient (Wildman–Crippen LogP) is 2.73. The molecule has 0 spiro atoms. The number of hydroxylamine groups is 2. The molecular formula is C11H12N2O2S. The maximum atomic E-state index is 10.8. The Morgan fingerprint density at radius 2 is 2.19 bits per heavy atom. The number of rotatable bonds is 2. The number of urea groups is 1. The monoisotopic (exact) mass is 239 g/mol. The molecule has 1 unspecified atom stereocenters. The number of nitrogens with zero attached hydrogens (tertiary/aromatic N) is 1. The van der Waals surface area contributed by atoms with Gasteiger partial charge in [0, 0.05) is 9.58 Å². The van der Waals surface area contributed by atoms with Crippen LogP contribution in [0.5, 0.6) is 0 Å². The molecule has 1 atom stereocenters. The highest BCUT2D eigenvalue weighted by Gasteiger charge is 2.18. The number of benzene rings is 1. The average molecular weight is 239 g/mol. The zero-order chi connectivity index (χ0) is 11.7. The van der Waals surface area contributed by atoms with Crippen molar-refractivity contribution in [2.75, 3.05) is 0 Å². The van der Waals surface area contributed by atoms with E-state index in [-0.39, 0.29) is 0 Å². The van der Waals surface area contributed by atoms with Gasteiger partial charge in [0.15, 0.2) is 0 Å². The highest BCUT2D eigenvalue weighted by atomic mass is 32.1. The van der Waals surface area contributed by atoms with Crippen LogP contribution in [0.4, 0.5) is 4.79 Å². The standard InChI is InChI=1S/C11H12N2O2S/c1-7(13(15)11(12)14)10-6-8-4-2-3-5-9(8)16-10/h2-7,15H,1H3,(H2,12,14)/i1+1,7+1,13+1. The molecule has 0 saturated carbocycles. The number of hydrogen-bond acceptors (Lipinski definition) is 3. The van der Waals surface area contributed by atoms with Crippen molar-refractivity contribution < 1.29 is 10.0 Å². The van der Waals surface area contributed by atoms with Gasteiger partial charge in [0.1, 0.15) is 0 Å². The van der Waals surface area contributed by atoms with Crippen molar-refractivity contribution >= 4 is 27.5 Å². The summed E-state index contributed by atoms with van der Waals surface area (Å²) in [5.41, 5.74) is 5.01. The molecule has 1 aromatic heterocycles. The fourth-order valence-corrected chi connectivity index (χ4v) is 2.62. The van der Waals surface area contributed by atoms with E-state index in [0.29, 0.717) is 5.06 Å². The summed E-state index contributed by atoms with van der Waals surface area (Å²) in [4.78, 5) is 11.7. The molecule has 2 rings (SSSR count). The van der Waals surface area contributed by atoms with Gasteiger partial charge in [-0.1, -0.05) is 18.2 Å². The second-order valence-electron chi connectivity index (χ2n) is 3.55. The van der Waals surface area contributed by atoms with Gasteiger partial charge < -0.3 is 5.73 Å². The van der Waals surface area contributed by atoms with E-state index in [4.69, 9.17) is 5.73 Å². The predicted molar refractivity (Wildman–Crippen MR) is 63.4 cm³/mol. The molecule has 0 aliphatic carbocycles. The van der Waals surface area contributed by atoms with Gasteiger partial charge in [-0.3, -0.25) is 5.21 Å². The third-order valence-electron chi connectivity index (χ3n) is 2.45. The van der Waals surface area contributed by atoms with Crippen molar-refractivity contribution in [3.05, 3.63) is 35.2 Å². The molecule has 1 heterocycles. The lowest BCUT2D eigenvalue weighted by Crippen LogP contribution is -2.34. The Kier molecular flexibility index (Phi) is 2.80. The van der Waals surface area contributed by atoms with Crippen molar-refractivity contribution in [3.8, 4) is 0 Å². The van der Waals surface area contributed by atoms with Crippen LogP contribution in [-0.4, -0.2) is 16.3 Å². The van der Waals surface area contributed by atoms with E-state index in [9.17, 15) is 10.0 Å². The van der Waals surface area contributed by atoms with E-state index in [1.807, 2.05) is 30.3 Å². The Hall–Kier alpha value is -1.59. The molecule has 4 nitrogen and oxygen atoms in total. The molecule has 0 saturated heterocycles. The minimum absolute atomic E-state index is 0.421. The first kappa shape index (κ1) is 10.9. The summed E-state index contributed by atoms with van der Waals surface area (Å²) in [6.07, 6.45) is 0. The Labute approximate surface area is 96.9 Å². The number of carbonyl (C=O) groups is 1. The fourth-order valence-electron chi connectivity index (χ4n) is 1.52. The molecule has 2 aromatic rings. The van der Waals surface area contributed by atoms with Crippen molar-refractivity contribution in [1.82, 2.24) is 5.06 Å². The van der Waals surface area contributed by atoms with E-state index >= 15 is 0 Å². The zero-order valence-electron chi connectivity index (χ0n) is 8.75. The number of primary amides is 1. The van der Waals surface area contributed by atoms with Crippen LogP contribution in [0.25, 0.3) is 10.1 Å². The molecule has 5 heteroatoms. The van der Waals surface area contributed by atoms with Crippen molar-refractivity contribution in [2.24, 2.45) is 5.73 Å². The van der Waals surface area contributed by atoms with Crippen molar-refractivity contribution in [1.29, 1.82) is 0 Å². The van der Waals surface area contributed by atoms with Gasteiger partial charge in [-0.2, -0.15) is 5.06 Å². The normalized spacial score (nSPS) is 12.6. The summed E-state index contributed by atoms with van der Waals surface area (Å²) in [5.74, 6) is 0. The minimum atomic E-state index is -0.843.